The fourth-order valence-electron chi connectivity index (χ4n) is 6.16. The number of halogens is 1. The Kier molecular flexibility index (Phi) is 6.20. The predicted octanol–water partition coefficient (Wildman–Crippen LogP) is 6.85. The minimum absolute atomic E-state index is 0.0691. The van der Waals surface area contributed by atoms with E-state index in [1.165, 1.54) is 12.1 Å². The molecule has 0 fully saturated rings. The summed E-state index contributed by atoms with van der Waals surface area (Å²) in [7, 11) is 0. The molecule has 0 saturated carbocycles. The lowest BCUT2D eigenvalue weighted by atomic mass is 9.65. The van der Waals surface area contributed by atoms with Gasteiger partial charge in [0.15, 0.2) is 5.82 Å². The van der Waals surface area contributed by atoms with Crippen molar-refractivity contribution in [2.24, 2.45) is 0 Å². The number of nitrogens with one attached hydrogen (secondary N) is 1. The zero-order valence-electron chi connectivity index (χ0n) is 22.5. The Hall–Kier alpha value is -5.43. The van der Waals surface area contributed by atoms with Crippen molar-refractivity contribution in [3.05, 3.63) is 160 Å². The first-order valence-corrected chi connectivity index (χ1v) is 13.7. The molecule has 0 spiro atoms. The predicted molar refractivity (Wildman–Crippen MR) is 158 cm³/mol. The van der Waals surface area contributed by atoms with Gasteiger partial charge < -0.3 is 5.11 Å². The van der Waals surface area contributed by atoms with Gasteiger partial charge in [-0.2, -0.15) is 5.10 Å². The van der Waals surface area contributed by atoms with Gasteiger partial charge in [-0.05, 0) is 53.8 Å². The Labute approximate surface area is 241 Å². The van der Waals surface area contributed by atoms with Crippen LogP contribution in [0.3, 0.4) is 0 Å². The lowest BCUT2D eigenvalue weighted by Gasteiger charge is -2.38. The Morgan fingerprint density at radius 3 is 1.74 bits per heavy atom. The summed E-state index contributed by atoms with van der Waals surface area (Å²) in [4.78, 5) is 22.3. The van der Waals surface area contributed by atoms with Crippen LogP contribution >= 0.6 is 0 Å². The van der Waals surface area contributed by atoms with Crippen LogP contribution in [0.15, 0.2) is 115 Å². The van der Waals surface area contributed by atoms with E-state index in [0.717, 1.165) is 27.9 Å². The zero-order valence-corrected chi connectivity index (χ0v) is 22.5. The lowest BCUT2D eigenvalue weighted by molar-refractivity contribution is 0.0689. The van der Waals surface area contributed by atoms with Gasteiger partial charge in [0.2, 0.25) is 0 Å². The number of aromatic amines is 1. The molecular weight excluding hydrogens is 527 g/mol. The first-order chi connectivity index (χ1) is 20.6. The van der Waals surface area contributed by atoms with E-state index in [2.05, 4.69) is 46.6 Å². The van der Waals surface area contributed by atoms with Gasteiger partial charge in [-0.3, -0.25) is 5.10 Å². The summed E-state index contributed by atoms with van der Waals surface area (Å²) >= 11 is 0. The third kappa shape index (κ3) is 4.01. The second kappa shape index (κ2) is 10.2. The average Bonchev–Trinajstić information content (AvgIpc) is 3.49. The summed E-state index contributed by atoms with van der Waals surface area (Å²) in [6.07, 6.45) is 0.997. The van der Waals surface area contributed by atoms with Crippen LogP contribution in [-0.4, -0.2) is 31.2 Å². The molecule has 0 atom stereocenters. The number of hydrogen-bond acceptors (Lipinski definition) is 4. The molecule has 0 radical (unpaired) electrons. The number of rotatable bonds is 6. The van der Waals surface area contributed by atoms with Gasteiger partial charge in [0.25, 0.3) is 0 Å². The first-order valence-electron chi connectivity index (χ1n) is 13.7. The third-order valence-corrected chi connectivity index (χ3v) is 8.02. The molecule has 0 aliphatic heterocycles. The maximum absolute atomic E-state index is 14.0. The summed E-state index contributed by atoms with van der Waals surface area (Å²) in [5.41, 5.74) is 6.30. The number of fused-ring (bicyclic) bond motifs is 3. The van der Waals surface area contributed by atoms with Crippen LogP contribution < -0.4 is 0 Å². The molecule has 2 heterocycles. The highest BCUT2D eigenvalue weighted by Crippen LogP contribution is 2.48. The van der Waals surface area contributed by atoms with Gasteiger partial charge in [-0.15, -0.1) is 0 Å². The molecule has 1 aliphatic carbocycles. The van der Waals surface area contributed by atoms with Gasteiger partial charge in [0.1, 0.15) is 17.2 Å². The summed E-state index contributed by atoms with van der Waals surface area (Å²) in [6.45, 7) is 0. The fourth-order valence-corrected chi connectivity index (χ4v) is 6.16. The van der Waals surface area contributed by atoms with E-state index in [0.29, 0.717) is 41.2 Å². The van der Waals surface area contributed by atoms with E-state index in [1.807, 2.05) is 54.6 Å². The van der Waals surface area contributed by atoms with Crippen molar-refractivity contribution in [2.45, 2.75) is 18.3 Å². The normalized spacial score (nSPS) is 12.4. The Morgan fingerprint density at radius 2 is 1.21 bits per heavy atom. The molecule has 0 amide bonds. The molecule has 7 heteroatoms. The molecule has 0 bridgehead atoms. The zero-order chi connectivity index (χ0) is 28.7. The van der Waals surface area contributed by atoms with E-state index in [-0.39, 0.29) is 11.5 Å². The second-order valence-corrected chi connectivity index (χ2v) is 10.3. The van der Waals surface area contributed by atoms with Crippen molar-refractivity contribution in [3.63, 3.8) is 0 Å². The average molecular weight is 553 g/mol. The Bertz CT molecular complexity index is 1810. The van der Waals surface area contributed by atoms with Crippen LogP contribution in [-0.2, 0) is 18.3 Å². The number of carbonyl (C=O) groups is 1. The van der Waals surface area contributed by atoms with Gasteiger partial charge in [0.05, 0.1) is 16.8 Å². The highest BCUT2D eigenvalue weighted by Gasteiger charge is 2.44. The van der Waals surface area contributed by atoms with Crippen LogP contribution in [0.25, 0.3) is 22.8 Å². The van der Waals surface area contributed by atoms with E-state index in [1.54, 1.807) is 12.1 Å². The number of hydrogen-bond donors (Lipinski definition) is 2. The van der Waals surface area contributed by atoms with E-state index in [4.69, 9.17) is 9.97 Å². The summed E-state index contributed by atoms with van der Waals surface area (Å²) in [5, 5.41) is 17.0. The topological polar surface area (TPSA) is 91.8 Å². The molecule has 42 heavy (non-hydrogen) atoms. The Morgan fingerprint density at radius 1 is 0.690 bits per heavy atom. The highest BCUT2D eigenvalue weighted by atomic mass is 19.1. The quantitative estimate of drug-likeness (QED) is 0.221. The van der Waals surface area contributed by atoms with Crippen molar-refractivity contribution in [1.29, 1.82) is 0 Å². The maximum atomic E-state index is 14.0. The molecule has 0 unspecified atom stereocenters. The van der Waals surface area contributed by atoms with Crippen LogP contribution in [0.4, 0.5) is 4.39 Å². The number of carboxylic acids is 1. The fraction of sp³-hybridized carbons (Fsp3) is 0.0857. The van der Waals surface area contributed by atoms with Gasteiger partial charge >= 0.3 is 5.97 Å². The van der Waals surface area contributed by atoms with Crippen molar-refractivity contribution in [2.75, 3.05) is 0 Å². The largest absolute Gasteiger partial charge is 0.477 e. The van der Waals surface area contributed by atoms with Crippen LogP contribution in [0.1, 0.15) is 44.0 Å². The number of carboxylic acid groups (broad SMARTS) is 1. The molecule has 2 N–H and O–H groups in total. The number of aromatic carboxylic acids is 1. The molecule has 4 aromatic carbocycles. The molecule has 2 aromatic heterocycles. The summed E-state index contributed by atoms with van der Waals surface area (Å²) in [5.74, 6) is -1.01. The van der Waals surface area contributed by atoms with Crippen molar-refractivity contribution in [3.8, 4) is 22.8 Å². The maximum Gasteiger partial charge on any atom is 0.354 e. The van der Waals surface area contributed by atoms with E-state index < -0.39 is 11.4 Å². The van der Waals surface area contributed by atoms with E-state index in [9.17, 15) is 14.3 Å². The van der Waals surface area contributed by atoms with Crippen molar-refractivity contribution in [1.82, 2.24) is 20.2 Å². The van der Waals surface area contributed by atoms with Gasteiger partial charge in [-0.25, -0.2) is 19.2 Å². The number of nitrogens with zero attached hydrogens (tertiary/aromatic N) is 3. The molecule has 1 aliphatic rings. The lowest BCUT2D eigenvalue weighted by Crippen LogP contribution is -2.34. The minimum atomic E-state index is -1.06. The molecule has 7 rings (SSSR count). The van der Waals surface area contributed by atoms with Gasteiger partial charge in [0, 0.05) is 16.7 Å². The van der Waals surface area contributed by atoms with Crippen molar-refractivity contribution < 1.29 is 14.3 Å². The molecule has 204 valence electrons. The minimum Gasteiger partial charge on any atom is -0.477 e. The van der Waals surface area contributed by atoms with Gasteiger partial charge in [-0.1, -0.05) is 91.0 Å². The van der Waals surface area contributed by atoms with Crippen molar-refractivity contribution >= 4 is 5.97 Å². The smallest absolute Gasteiger partial charge is 0.354 e. The highest BCUT2D eigenvalue weighted by molar-refractivity contribution is 5.90. The molecular formula is C35H25FN4O2. The molecule has 6 aromatic rings. The van der Waals surface area contributed by atoms with Crippen LogP contribution in [0.5, 0.6) is 0 Å². The Balaban J connectivity index is 1.64. The van der Waals surface area contributed by atoms with E-state index >= 15 is 0 Å². The number of H-pyrrole nitrogens is 1. The van der Waals surface area contributed by atoms with Crippen LogP contribution in [0.2, 0.25) is 0 Å². The standard InChI is InChI=1S/C35H25FN4O2/c36-26-18-16-22(17-19-26)33-37-29-28(21-20-27-30(29)39-40-31(27)34(41)42)32(38-33)35(23-10-4-1-5-11-23,24-12-6-2-7-13-24)25-14-8-3-9-15-25/h1-19H,20-21H2,(H,39,40)(H,41,42). The molecule has 0 saturated heterocycles. The van der Waals surface area contributed by atoms with Crippen LogP contribution in [0, 0.1) is 5.82 Å². The second-order valence-electron chi connectivity index (χ2n) is 10.3. The molecule has 6 nitrogen and oxygen atoms in total. The number of benzene rings is 4. The third-order valence-electron chi connectivity index (χ3n) is 8.02. The first kappa shape index (κ1) is 25.5. The SMILES string of the molecule is O=C(O)c1[nH]nc2c1CCc1c-2nc(-c2ccc(F)cc2)nc1C(c1ccccc1)(c1ccccc1)c1ccccc1. The monoisotopic (exact) mass is 552 g/mol. The summed E-state index contributed by atoms with van der Waals surface area (Å²) in [6, 6.07) is 36.9. The summed E-state index contributed by atoms with van der Waals surface area (Å²) < 4.78 is 14.0. The number of aromatic nitrogens is 4.